The van der Waals surface area contributed by atoms with Gasteiger partial charge in [0.2, 0.25) is 5.91 Å². The van der Waals surface area contributed by atoms with Crippen LogP contribution in [0.1, 0.15) is 33.6 Å². The number of carbonyl (C=O) groups is 2. The Hall–Kier alpha value is -2.68. The fourth-order valence-electron chi connectivity index (χ4n) is 3.94. The second kappa shape index (κ2) is 6.44. The number of nitrogens with two attached hydrogens (primary N) is 1. The molecule has 2 aromatic heterocycles. The van der Waals surface area contributed by atoms with Gasteiger partial charge in [0.15, 0.2) is 0 Å². The van der Waals surface area contributed by atoms with Gasteiger partial charge in [0, 0.05) is 31.1 Å². The zero-order valence-corrected chi connectivity index (χ0v) is 16.5. The van der Waals surface area contributed by atoms with Gasteiger partial charge in [0.1, 0.15) is 29.5 Å². The van der Waals surface area contributed by atoms with E-state index in [0.29, 0.717) is 18.3 Å². The summed E-state index contributed by atoms with van der Waals surface area (Å²) in [7, 11) is 1.72. The molecule has 5 rings (SSSR count). The van der Waals surface area contributed by atoms with Crippen LogP contribution in [0.15, 0.2) is 12.4 Å². The molecule has 1 saturated carbocycles. The molecule has 2 amide bonds. The predicted molar refractivity (Wildman–Crippen MR) is 108 cm³/mol. The Morgan fingerprint density at radius 3 is 2.82 bits per heavy atom. The van der Waals surface area contributed by atoms with Crippen molar-refractivity contribution >= 4 is 39.8 Å². The minimum atomic E-state index is -0.0427. The van der Waals surface area contributed by atoms with Gasteiger partial charge in [0.25, 0.3) is 5.91 Å². The molecule has 0 unspecified atom stereocenters. The zero-order valence-electron chi connectivity index (χ0n) is 15.7. The maximum Gasteiger partial charge on any atom is 0.257 e. The lowest BCUT2D eigenvalue weighted by Crippen LogP contribution is -2.38. The van der Waals surface area contributed by atoms with Gasteiger partial charge in [-0.3, -0.25) is 9.59 Å². The molecule has 0 radical (unpaired) electrons. The van der Waals surface area contributed by atoms with Crippen molar-refractivity contribution in [2.24, 2.45) is 5.92 Å². The summed E-state index contributed by atoms with van der Waals surface area (Å²) in [5.74, 6) is 1.77. The first-order valence-corrected chi connectivity index (χ1v) is 10.4. The smallest absolute Gasteiger partial charge is 0.257 e. The molecule has 3 aliphatic rings. The van der Waals surface area contributed by atoms with Crippen molar-refractivity contribution in [3.63, 3.8) is 0 Å². The van der Waals surface area contributed by atoms with Crippen LogP contribution in [0.2, 0.25) is 0 Å². The number of hydrogen-bond donors (Lipinski definition) is 1. The number of anilines is 3. The quantitative estimate of drug-likeness (QED) is 0.842. The summed E-state index contributed by atoms with van der Waals surface area (Å²) in [6, 6.07) is 1.77. The van der Waals surface area contributed by atoms with Crippen molar-refractivity contribution in [1.29, 1.82) is 0 Å². The van der Waals surface area contributed by atoms with Crippen LogP contribution in [0.3, 0.4) is 0 Å². The van der Waals surface area contributed by atoms with E-state index in [9.17, 15) is 9.59 Å². The molecule has 1 fully saturated rings. The molecule has 0 atom stereocenters. The van der Waals surface area contributed by atoms with Crippen molar-refractivity contribution in [3.05, 3.63) is 28.4 Å². The van der Waals surface area contributed by atoms with Crippen LogP contribution in [0, 0.1) is 5.92 Å². The van der Waals surface area contributed by atoms with Crippen molar-refractivity contribution < 1.29 is 9.59 Å². The van der Waals surface area contributed by atoms with E-state index in [1.165, 1.54) is 6.33 Å². The summed E-state index contributed by atoms with van der Waals surface area (Å²) in [4.78, 5) is 40.9. The Morgan fingerprint density at radius 1 is 1.25 bits per heavy atom. The summed E-state index contributed by atoms with van der Waals surface area (Å²) in [6.45, 7) is 2.28. The number of nitrogens with zero attached hydrogens (tertiary/aromatic N) is 5. The van der Waals surface area contributed by atoms with E-state index < -0.39 is 0 Å². The van der Waals surface area contributed by atoms with E-state index in [1.807, 2.05) is 4.90 Å². The summed E-state index contributed by atoms with van der Waals surface area (Å²) in [5, 5.41) is 0.834. The number of nitrogen functional groups attached to an aromatic ring is 1. The highest BCUT2D eigenvalue weighted by atomic mass is 32.1. The molecule has 28 heavy (non-hydrogen) atoms. The predicted octanol–water partition coefficient (Wildman–Crippen LogP) is 1.51. The lowest BCUT2D eigenvalue weighted by Gasteiger charge is -2.28. The van der Waals surface area contributed by atoms with Crippen LogP contribution in [0.25, 0.3) is 0 Å². The van der Waals surface area contributed by atoms with E-state index in [0.717, 1.165) is 59.2 Å². The van der Waals surface area contributed by atoms with Gasteiger partial charge < -0.3 is 20.4 Å². The average Bonchev–Trinajstić information content (AvgIpc) is 3.43. The maximum absolute atomic E-state index is 13.1. The molecule has 0 spiro atoms. The third-order valence-electron chi connectivity index (χ3n) is 5.65. The molecule has 2 aliphatic heterocycles. The fraction of sp³-hybridized carbons (Fsp3) is 0.474. The van der Waals surface area contributed by atoms with E-state index >= 15 is 0 Å². The number of amides is 2. The summed E-state index contributed by atoms with van der Waals surface area (Å²) in [5.41, 5.74) is 7.63. The number of hydrogen-bond acceptors (Lipinski definition) is 7. The topological polar surface area (TPSA) is 95.7 Å². The first kappa shape index (κ1) is 17.4. The maximum atomic E-state index is 13.1. The molecule has 1 aliphatic carbocycles. The normalized spacial score (nSPS) is 19.5. The molecular formula is C19H22N6O2S. The SMILES string of the molecule is CN1CC(=O)N(CC2CC2)c2sc3c(c2C1=O)CCN(c1cc(N)ncn1)C3. The molecule has 2 N–H and O–H groups in total. The Bertz CT molecular complexity index is 969. The fourth-order valence-corrected chi connectivity index (χ4v) is 5.32. The van der Waals surface area contributed by atoms with Crippen LogP contribution < -0.4 is 15.5 Å². The minimum Gasteiger partial charge on any atom is -0.384 e. The van der Waals surface area contributed by atoms with Gasteiger partial charge in [-0.1, -0.05) is 0 Å². The molecule has 146 valence electrons. The second-order valence-electron chi connectivity index (χ2n) is 7.77. The highest BCUT2D eigenvalue weighted by Gasteiger charge is 2.38. The molecule has 4 heterocycles. The molecule has 8 nitrogen and oxygen atoms in total. The summed E-state index contributed by atoms with van der Waals surface area (Å²) in [6.07, 6.45) is 4.54. The summed E-state index contributed by atoms with van der Waals surface area (Å²) < 4.78 is 0. The van der Waals surface area contributed by atoms with Crippen molar-refractivity contribution in [3.8, 4) is 0 Å². The molecule has 2 aromatic rings. The van der Waals surface area contributed by atoms with Crippen LogP contribution in [0.5, 0.6) is 0 Å². The van der Waals surface area contributed by atoms with Gasteiger partial charge >= 0.3 is 0 Å². The molecule has 0 bridgehead atoms. The highest BCUT2D eigenvalue weighted by Crippen LogP contribution is 2.43. The Labute approximate surface area is 167 Å². The van der Waals surface area contributed by atoms with Crippen LogP contribution in [-0.4, -0.2) is 53.4 Å². The van der Waals surface area contributed by atoms with Crippen LogP contribution in [-0.2, 0) is 17.8 Å². The second-order valence-corrected chi connectivity index (χ2v) is 8.85. The van der Waals surface area contributed by atoms with Crippen molar-refractivity contribution in [2.45, 2.75) is 25.8 Å². The Balaban J connectivity index is 1.54. The lowest BCUT2D eigenvalue weighted by molar-refractivity contribution is -0.119. The standard InChI is InChI=1S/C19H22N6O2S/c1-23-9-16(26)25(7-11-2-3-11)19-17(18(23)27)12-4-5-24(8-13(12)28-19)15-6-14(20)21-10-22-15/h6,10-11H,2-5,7-9H2,1H3,(H2,20,21,22). The first-order chi connectivity index (χ1) is 13.5. The number of aromatic nitrogens is 2. The lowest BCUT2D eigenvalue weighted by atomic mass is 10.0. The number of likely N-dealkylation sites (N-methyl/N-ethyl adjacent to an activating group) is 1. The van der Waals surface area contributed by atoms with Gasteiger partial charge in [-0.05, 0) is 30.7 Å². The number of rotatable bonds is 3. The number of fused-ring (bicyclic) bond motifs is 3. The Kier molecular flexibility index (Phi) is 4.01. The van der Waals surface area contributed by atoms with Gasteiger partial charge in [-0.25, -0.2) is 9.97 Å². The largest absolute Gasteiger partial charge is 0.384 e. The van der Waals surface area contributed by atoms with E-state index in [2.05, 4.69) is 14.9 Å². The minimum absolute atomic E-state index is 0.0144. The van der Waals surface area contributed by atoms with Gasteiger partial charge in [-0.2, -0.15) is 0 Å². The van der Waals surface area contributed by atoms with Crippen molar-refractivity contribution in [1.82, 2.24) is 14.9 Å². The van der Waals surface area contributed by atoms with Crippen LogP contribution in [0.4, 0.5) is 16.6 Å². The molecule has 0 saturated heterocycles. The number of carbonyl (C=O) groups excluding carboxylic acids is 2. The molecular weight excluding hydrogens is 376 g/mol. The van der Waals surface area contributed by atoms with Crippen molar-refractivity contribution in [2.75, 3.05) is 42.2 Å². The molecule has 0 aromatic carbocycles. The van der Waals surface area contributed by atoms with Crippen LogP contribution >= 0.6 is 11.3 Å². The van der Waals surface area contributed by atoms with E-state index in [1.54, 1.807) is 29.4 Å². The highest BCUT2D eigenvalue weighted by molar-refractivity contribution is 7.17. The van der Waals surface area contributed by atoms with Gasteiger partial charge in [-0.15, -0.1) is 11.3 Å². The Morgan fingerprint density at radius 2 is 2.07 bits per heavy atom. The first-order valence-electron chi connectivity index (χ1n) is 9.54. The van der Waals surface area contributed by atoms with E-state index in [-0.39, 0.29) is 18.4 Å². The average molecular weight is 398 g/mol. The zero-order chi connectivity index (χ0) is 19.4. The molecule has 9 heteroatoms. The monoisotopic (exact) mass is 398 g/mol. The van der Waals surface area contributed by atoms with E-state index in [4.69, 9.17) is 5.73 Å². The summed E-state index contributed by atoms with van der Waals surface area (Å²) >= 11 is 1.58. The van der Waals surface area contributed by atoms with Gasteiger partial charge in [0.05, 0.1) is 12.1 Å². The number of thiophene rings is 1. The third kappa shape index (κ3) is 2.90. The third-order valence-corrected chi connectivity index (χ3v) is 6.89.